The van der Waals surface area contributed by atoms with Crippen molar-refractivity contribution in [2.75, 3.05) is 30.3 Å². The normalized spacial score (nSPS) is 10.8. The SMILES string of the molecule is CCN(CCn1c(C)csc1=O)CC(=O)Nc1ccc(NC(C)=O)cc1. The Morgan fingerprint density at radius 3 is 2.27 bits per heavy atom. The fraction of sp³-hybridized carbons (Fsp3) is 0.389. The number of benzene rings is 1. The zero-order valence-corrected chi connectivity index (χ0v) is 16.1. The smallest absolute Gasteiger partial charge is 0.307 e. The maximum Gasteiger partial charge on any atom is 0.307 e. The van der Waals surface area contributed by atoms with Crippen LogP contribution in [-0.2, 0) is 16.1 Å². The van der Waals surface area contributed by atoms with Crippen molar-refractivity contribution in [1.82, 2.24) is 9.47 Å². The van der Waals surface area contributed by atoms with Crippen LogP contribution >= 0.6 is 11.3 Å². The number of hydrogen-bond acceptors (Lipinski definition) is 5. The summed E-state index contributed by atoms with van der Waals surface area (Å²) in [6, 6.07) is 6.96. The van der Waals surface area contributed by atoms with Crippen LogP contribution in [-0.4, -0.2) is 40.9 Å². The lowest BCUT2D eigenvalue weighted by Crippen LogP contribution is -2.36. The van der Waals surface area contributed by atoms with Crippen LogP contribution in [0.5, 0.6) is 0 Å². The van der Waals surface area contributed by atoms with Crippen molar-refractivity contribution in [3.8, 4) is 0 Å². The maximum atomic E-state index is 12.3. The van der Waals surface area contributed by atoms with Gasteiger partial charge in [0.05, 0.1) is 6.54 Å². The lowest BCUT2D eigenvalue weighted by molar-refractivity contribution is -0.117. The largest absolute Gasteiger partial charge is 0.326 e. The third-order valence-electron chi connectivity index (χ3n) is 3.92. The number of anilines is 2. The number of nitrogens with zero attached hydrogens (tertiary/aromatic N) is 2. The van der Waals surface area contributed by atoms with Gasteiger partial charge in [0.25, 0.3) is 0 Å². The predicted molar refractivity (Wildman–Crippen MR) is 105 cm³/mol. The quantitative estimate of drug-likeness (QED) is 0.739. The van der Waals surface area contributed by atoms with Gasteiger partial charge in [-0.2, -0.15) is 0 Å². The number of rotatable bonds is 8. The second-order valence-electron chi connectivity index (χ2n) is 5.97. The van der Waals surface area contributed by atoms with E-state index in [1.54, 1.807) is 28.8 Å². The Labute approximate surface area is 156 Å². The molecule has 0 bridgehead atoms. The predicted octanol–water partition coefficient (Wildman–Crippen LogP) is 2.14. The third kappa shape index (κ3) is 5.82. The lowest BCUT2D eigenvalue weighted by atomic mass is 10.2. The molecule has 8 heteroatoms. The highest BCUT2D eigenvalue weighted by molar-refractivity contribution is 7.07. The van der Waals surface area contributed by atoms with Gasteiger partial charge in [0.2, 0.25) is 11.8 Å². The van der Waals surface area contributed by atoms with Crippen LogP contribution in [0.1, 0.15) is 19.5 Å². The van der Waals surface area contributed by atoms with E-state index in [1.807, 2.05) is 24.1 Å². The Morgan fingerprint density at radius 1 is 1.15 bits per heavy atom. The summed E-state index contributed by atoms with van der Waals surface area (Å²) >= 11 is 1.19. The molecular weight excluding hydrogens is 352 g/mol. The zero-order valence-electron chi connectivity index (χ0n) is 15.2. The summed E-state index contributed by atoms with van der Waals surface area (Å²) in [4.78, 5) is 37.0. The molecule has 2 aromatic rings. The topological polar surface area (TPSA) is 83.4 Å². The summed E-state index contributed by atoms with van der Waals surface area (Å²) in [6.07, 6.45) is 0. The molecule has 2 N–H and O–H groups in total. The van der Waals surface area contributed by atoms with Gasteiger partial charge < -0.3 is 15.2 Å². The minimum absolute atomic E-state index is 0.0299. The average molecular weight is 376 g/mol. The third-order valence-corrected chi connectivity index (χ3v) is 4.80. The van der Waals surface area contributed by atoms with Crippen LogP contribution in [0.3, 0.4) is 0 Å². The van der Waals surface area contributed by atoms with Crippen molar-refractivity contribution in [2.45, 2.75) is 27.3 Å². The van der Waals surface area contributed by atoms with E-state index in [1.165, 1.54) is 18.3 Å². The Hall–Kier alpha value is -2.45. The van der Waals surface area contributed by atoms with Gasteiger partial charge in [-0.25, -0.2) is 0 Å². The van der Waals surface area contributed by atoms with Crippen LogP contribution < -0.4 is 15.5 Å². The molecule has 0 aliphatic heterocycles. The summed E-state index contributed by atoms with van der Waals surface area (Å²) in [6.45, 7) is 7.50. The molecule has 2 rings (SSSR count). The van der Waals surface area contributed by atoms with Crippen molar-refractivity contribution in [2.24, 2.45) is 0 Å². The number of aryl methyl sites for hydroxylation is 1. The molecule has 0 saturated heterocycles. The van der Waals surface area contributed by atoms with E-state index in [2.05, 4.69) is 10.6 Å². The molecule has 0 aliphatic carbocycles. The van der Waals surface area contributed by atoms with Gasteiger partial charge in [-0.1, -0.05) is 18.3 Å². The summed E-state index contributed by atoms with van der Waals surface area (Å²) in [7, 11) is 0. The Morgan fingerprint density at radius 2 is 1.77 bits per heavy atom. The molecule has 0 atom stereocenters. The number of nitrogens with one attached hydrogen (secondary N) is 2. The first-order valence-electron chi connectivity index (χ1n) is 8.44. The minimum atomic E-state index is -0.139. The van der Waals surface area contributed by atoms with E-state index in [4.69, 9.17) is 0 Å². The molecule has 7 nitrogen and oxygen atoms in total. The lowest BCUT2D eigenvalue weighted by Gasteiger charge is -2.20. The number of likely N-dealkylation sites (N-methyl/N-ethyl adjacent to an activating group) is 1. The second-order valence-corrected chi connectivity index (χ2v) is 6.79. The highest BCUT2D eigenvalue weighted by atomic mass is 32.1. The van der Waals surface area contributed by atoms with E-state index < -0.39 is 0 Å². The first-order chi connectivity index (χ1) is 12.4. The highest BCUT2D eigenvalue weighted by Gasteiger charge is 2.11. The summed E-state index contributed by atoms with van der Waals surface area (Å²) in [5.74, 6) is -0.256. The number of hydrogen-bond donors (Lipinski definition) is 2. The Kier molecular flexibility index (Phi) is 7.11. The monoisotopic (exact) mass is 376 g/mol. The number of amides is 2. The first kappa shape index (κ1) is 19.9. The van der Waals surface area contributed by atoms with Gasteiger partial charge in [0.15, 0.2) is 0 Å². The molecule has 1 aromatic carbocycles. The molecule has 2 amide bonds. The summed E-state index contributed by atoms with van der Waals surface area (Å²) in [5, 5.41) is 7.37. The molecule has 1 heterocycles. The zero-order chi connectivity index (χ0) is 19.1. The van der Waals surface area contributed by atoms with E-state index in [9.17, 15) is 14.4 Å². The molecule has 0 radical (unpaired) electrons. The number of carbonyl (C=O) groups is 2. The van der Waals surface area contributed by atoms with E-state index in [0.717, 1.165) is 5.69 Å². The van der Waals surface area contributed by atoms with Crippen LogP contribution in [0.4, 0.5) is 11.4 Å². The van der Waals surface area contributed by atoms with Crippen LogP contribution in [0, 0.1) is 6.92 Å². The highest BCUT2D eigenvalue weighted by Crippen LogP contribution is 2.13. The molecule has 0 fully saturated rings. The molecule has 0 aliphatic rings. The number of carbonyl (C=O) groups excluding carboxylic acids is 2. The number of thiazole rings is 1. The fourth-order valence-corrected chi connectivity index (χ4v) is 3.27. The van der Waals surface area contributed by atoms with E-state index >= 15 is 0 Å². The summed E-state index contributed by atoms with van der Waals surface area (Å²) in [5.41, 5.74) is 2.30. The Balaban J connectivity index is 1.86. The van der Waals surface area contributed by atoms with Gasteiger partial charge in [0, 0.05) is 42.5 Å². The minimum Gasteiger partial charge on any atom is -0.326 e. The molecule has 0 spiro atoms. The van der Waals surface area contributed by atoms with Gasteiger partial charge in [-0.15, -0.1) is 0 Å². The molecule has 0 unspecified atom stereocenters. The number of aromatic nitrogens is 1. The van der Waals surface area contributed by atoms with Gasteiger partial charge >= 0.3 is 4.87 Å². The van der Waals surface area contributed by atoms with Gasteiger partial charge in [0.1, 0.15) is 0 Å². The van der Waals surface area contributed by atoms with Crippen LogP contribution in [0.2, 0.25) is 0 Å². The second kappa shape index (κ2) is 9.30. The van der Waals surface area contributed by atoms with Crippen molar-refractivity contribution >= 4 is 34.5 Å². The summed E-state index contributed by atoms with van der Waals surface area (Å²) < 4.78 is 1.73. The Bertz CT molecular complexity index is 811. The molecule has 26 heavy (non-hydrogen) atoms. The van der Waals surface area contributed by atoms with Crippen LogP contribution in [0.25, 0.3) is 0 Å². The molecular formula is C18H24N4O3S. The average Bonchev–Trinajstić information content (AvgIpc) is 2.91. The fourth-order valence-electron chi connectivity index (χ4n) is 2.51. The van der Waals surface area contributed by atoms with Crippen molar-refractivity contribution in [3.05, 3.63) is 45.0 Å². The molecule has 140 valence electrons. The maximum absolute atomic E-state index is 12.3. The van der Waals surface area contributed by atoms with Gasteiger partial charge in [-0.05, 0) is 37.7 Å². The molecule has 0 saturated carbocycles. The van der Waals surface area contributed by atoms with Crippen molar-refractivity contribution in [3.63, 3.8) is 0 Å². The molecule has 1 aromatic heterocycles. The van der Waals surface area contributed by atoms with Crippen molar-refractivity contribution < 1.29 is 9.59 Å². The van der Waals surface area contributed by atoms with Crippen LogP contribution in [0.15, 0.2) is 34.4 Å². The standard InChI is InChI=1S/C18H24N4O3S/c1-4-21(9-10-22-13(2)12-26-18(22)25)11-17(24)20-16-7-5-15(6-8-16)19-14(3)23/h5-8,12H,4,9-11H2,1-3H3,(H,19,23)(H,20,24). The first-order valence-corrected chi connectivity index (χ1v) is 9.31. The van der Waals surface area contributed by atoms with E-state index in [0.29, 0.717) is 31.0 Å². The van der Waals surface area contributed by atoms with E-state index in [-0.39, 0.29) is 23.2 Å². The van der Waals surface area contributed by atoms with Gasteiger partial charge in [-0.3, -0.25) is 19.3 Å². The van der Waals surface area contributed by atoms with Crippen molar-refractivity contribution in [1.29, 1.82) is 0 Å².